The summed E-state index contributed by atoms with van der Waals surface area (Å²) in [5, 5.41) is 0. The van der Waals surface area contributed by atoms with Crippen LogP contribution in [0.4, 0.5) is 8.78 Å². The molecule has 5 heteroatoms. The number of carbonyl (C=O) groups is 1. The van der Waals surface area contributed by atoms with E-state index in [1.807, 2.05) is 18.7 Å². The summed E-state index contributed by atoms with van der Waals surface area (Å²) in [6.45, 7) is 5.17. The number of Topliss-reactive ketones (excluding diaryl/α,β-unsaturated/α-hetero) is 1. The van der Waals surface area contributed by atoms with Crippen LogP contribution >= 0.6 is 0 Å². The van der Waals surface area contributed by atoms with Gasteiger partial charge in [-0.2, -0.15) is 0 Å². The molecule has 1 saturated heterocycles. The molecule has 2 rings (SSSR count). The number of nitrogens with zero attached hydrogens (tertiary/aromatic N) is 1. The Morgan fingerprint density at radius 3 is 2.58 bits per heavy atom. The van der Waals surface area contributed by atoms with Gasteiger partial charge in [0.1, 0.15) is 11.6 Å². The van der Waals surface area contributed by atoms with Crippen molar-refractivity contribution in [2.75, 3.05) is 19.6 Å². The van der Waals surface area contributed by atoms with Crippen molar-refractivity contribution in [2.24, 2.45) is 0 Å². The van der Waals surface area contributed by atoms with Gasteiger partial charge >= 0.3 is 0 Å². The van der Waals surface area contributed by atoms with Crippen molar-refractivity contribution in [1.82, 2.24) is 4.90 Å². The van der Waals surface area contributed by atoms with Crippen LogP contribution in [0.2, 0.25) is 0 Å². The predicted molar refractivity (Wildman–Crippen MR) is 67.1 cm³/mol. The highest BCUT2D eigenvalue weighted by Crippen LogP contribution is 2.14. The first-order valence-corrected chi connectivity index (χ1v) is 6.31. The summed E-state index contributed by atoms with van der Waals surface area (Å²) in [6.07, 6.45) is 0.0720. The maximum absolute atomic E-state index is 13.5. The smallest absolute Gasteiger partial charge is 0.179 e. The van der Waals surface area contributed by atoms with E-state index in [-0.39, 0.29) is 24.3 Å². The van der Waals surface area contributed by atoms with E-state index in [2.05, 4.69) is 0 Å². The van der Waals surface area contributed by atoms with Crippen LogP contribution in [0.5, 0.6) is 0 Å². The van der Waals surface area contributed by atoms with Crippen molar-refractivity contribution in [3.05, 3.63) is 35.4 Å². The maximum Gasteiger partial charge on any atom is 0.179 e. The fourth-order valence-corrected chi connectivity index (χ4v) is 2.41. The van der Waals surface area contributed by atoms with E-state index >= 15 is 0 Å². The van der Waals surface area contributed by atoms with Gasteiger partial charge in [0.05, 0.1) is 24.3 Å². The predicted octanol–water partition coefficient (Wildman–Crippen LogP) is 2.26. The number of morpholine rings is 1. The number of ketones is 1. The second-order valence-corrected chi connectivity index (χ2v) is 5.00. The highest BCUT2D eigenvalue weighted by molar-refractivity contribution is 5.97. The molecule has 0 N–H and O–H groups in total. The van der Waals surface area contributed by atoms with E-state index in [0.717, 1.165) is 18.2 Å². The van der Waals surface area contributed by atoms with Crippen molar-refractivity contribution in [1.29, 1.82) is 0 Å². The minimum absolute atomic E-state index is 0.0360. The van der Waals surface area contributed by atoms with E-state index in [1.54, 1.807) is 0 Å². The first-order valence-electron chi connectivity index (χ1n) is 6.31. The third kappa shape index (κ3) is 3.58. The van der Waals surface area contributed by atoms with Gasteiger partial charge in [-0.1, -0.05) is 0 Å². The SMILES string of the molecule is C[C@@H]1CN(CC(=O)c2cc(F)ccc2F)C[C@H](C)O1. The minimum Gasteiger partial charge on any atom is -0.373 e. The molecule has 0 amide bonds. The molecule has 1 aliphatic heterocycles. The molecule has 19 heavy (non-hydrogen) atoms. The van der Waals surface area contributed by atoms with Crippen LogP contribution in [0.25, 0.3) is 0 Å². The molecule has 1 aliphatic rings. The third-order valence-electron chi connectivity index (χ3n) is 3.09. The summed E-state index contributed by atoms with van der Waals surface area (Å²) >= 11 is 0. The fraction of sp³-hybridized carbons (Fsp3) is 0.500. The van der Waals surface area contributed by atoms with E-state index < -0.39 is 17.4 Å². The van der Waals surface area contributed by atoms with E-state index in [9.17, 15) is 13.6 Å². The molecule has 0 bridgehead atoms. The molecule has 1 fully saturated rings. The zero-order chi connectivity index (χ0) is 14.0. The zero-order valence-electron chi connectivity index (χ0n) is 11.0. The standard InChI is InChI=1S/C14H17F2NO2/c1-9-6-17(7-10(2)19-9)8-14(18)12-5-11(15)3-4-13(12)16/h3-5,9-10H,6-8H2,1-2H3/t9-,10+. The molecular weight excluding hydrogens is 252 g/mol. The van der Waals surface area contributed by atoms with Crippen molar-refractivity contribution in [3.63, 3.8) is 0 Å². The molecule has 3 nitrogen and oxygen atoms in total. The molecule has 1 heterocycles. The number of benzene rings is 1. The Balaban J connectivity index is 2.06. The van der Waals surface area contributed by atoms with Gasteiger partial charge in [-0.05, 0) is 32.0 Å². The lowest BCUT2D eigenvalue weighted by Gasteiger charge is -2.34. The summed E-state index contributed by atoms with van der Waals surface area (Å²) in [6, 6.07) is 2.93. The first-order chi connectivity index (χ1) is 8.95. The van der Waals surface area contributed by atoms with Gasteiger partial charge in [0, 0.05) is 13.1 Å². The van der Waals surface area contributed by atoms with E-state index in [1.165, 1.54) is 0 Å². The second-order valence-electron chi connectivity index (χ2n) is 5.00. The molecule has 0 saturated carbocycles. The topological polar surface area (TPSA) is 29.5 Å². The Labute approximate surface area is 111 Å². The van der Waals surface area contributed by atoms with Crippen molar-refractivity contribution >= 4 is 5.78 Å². The van der Waals surface area contributed by atoms with Gasteiger partial charge in [-0.3, -0.25) is 9.69 Å². The van der Waals surface area contributed by atoms with Crippen LogP contribution in [-0.2, 0) is 4.74 Å². The van der Waals surface area contributed by atoms with Gasteiger partial charge < -0.3 is 4.74 Å². The van der Waals surface area contributed by atoms with Gasteiger partial charge in [-0.15, -0.1) is 0 Å². The number of ether oxygens (including phenoxy) is 1. The molecular formula is C14H17F2NO2. The Bertz CT molecular complexity index is 469. The number of hydrogen-bond acceptors (Lipinski definition) is 3. The largest absolute Gasteiger partial charge is 0.373 e. The maximum atomic E-state index is 13.5. The van der Waals surface area contributed by atoms with Crippen molar-refractivity contribution in [3.8, 4) is 0 Å². The fourth-order valence-electron chi connectivity index (χ4n) is 2.41. The first kappa shape index (κ1) is 14.1. The Hall–Kier alpha value is -1.33. The normalized spacial score (nSPS) is 24.4. The third-order valence-corrected chi connectivity index (χ3v) is 3.09. The molecule has 2 atom stereocenters. The number of hydrogen-bond donors (Lipinski definition) is 0. The number of rotatable bonds is 3. The average molecular weight is 269 g/mol. The minimum atomic E-state index is -0.680. The quantitative estimate of drug-likeness (QED) is 0.788. The van der Waals surface area contributed by atoms with Crippen LogP contribution in [0.15, 0.2) is 18.2 Å². The van der Waals surface area contributed by atoms with Crippen molar-refractivity contribution in [2.45, 2.75) is 26.1 Å². The highest BCUT2D eigenvalue weighted by atomic mass is 19.1. The van der Waals surface area contributed by atoms with Crippen LogP contribution < -0.4 is 0 Å². The van der Waals surface area contributed by atoms with Crippen LogP contribution in [0.3, 0.4) is 0 Å². The average Bonchev–Trinajstić information content (AvgIpc) is 2.30. The highest BCUT2D eigenvalue weighted by Gasteiger charge is 2.25. The Kier molecular flexibility index (Phi) is 4.27. The monoisotopic (exact) mass is 269 g/mol. The van der Waals surface area contributed by atoms with Gasteiger partial charge in [-0.25, -0.2) is 8.78 Å². The lowest BCUT2D eigenvalue weighted by atomic mass is 10.1. The Morgan fingerprint density at radius 1 is 1.32 bits per heavy atom. The van der Waals surface area contributed by atoms with Gasteiger partial charge in [0.25, 0.3) is 0 Å². The van der Waals surface area contributed by atoms with E-state index in [0.29, 0.717) is 13.1 Å². The zero-order valence-corrected chi connectivity index (χ0v) is 11.0. The summed E-state index contributed by atoms with van der Waals surface area (Å²) in [5.41, 5.74) is -0.188. The summed E-state index contributed by atoms with van der Waals surface area (Å²) in [7, 11) is 0. The van der Waals surface area contributed by atoms with Crippen LogP contribution in [0.1, 0.15) is 24.2 Å². The number of halogens is 2. The van der Waals surface area contributed by atoms with Crippen LogP contribution in [0, 0.1) is 11.6 Å². The molecule has 0 unspecified atom stereocenters. The number of carbonyl (C=O) groups excluding carboxylic acids is 1. The molecule has 104 valence electrons. The molecule has 1 aromatic rings. The van der Waals surface area contributed by atoms with Gasteiger partial charge in [0.15, 0.2) is 5.78 Å². The molecule has 0 radical (unpaired) electrons. The summed E-state index contributed by atoms with van der Waals surface area (Å²) in [5.74, 6) is -1.69. The molecule has 0 aromatic heterocycles. The lowest BCUT2D eigenvalue weighted by molar-refractivity contribution is -0.0652. The Morgan fingerprint density at radius 2 is 1.95 bits per heavy atom. The summed E-state index contributed by atoms with van der Waals surface area (Å²) in [4.78, 5) is 13.9. The molecule has 0 aliphatic carbocycles. The lowest BCUT2D eigenvalue weighted by Crippen LogP contribution is -2.47. The van der Waals surface area contributed by atoms with Crippen LogP contribution in [-0.4, -0.2) is 42.5 Å². The molecule has 0 spiro atoms. The van der Waals surface area contributed by atoms with Crippen molar-refractivity contribution < 1.29 is 18.3 Å². The molecule has 1 aromatic carbocycles. The summed E-state index contributed by atoms with van der Waals surface area (Å²) < 4.78 is 32.1. The van der Waals surface area contributed by atoms with Gasteiger partial charge in [0.2, 0.25) is 0 Å². The van der Waals surface area contributed by atoms with E-state index in [4.69, 9.17) is 4.74 Å². The second kappa shape index (κ2) is 5.75.